The topological polar surface area (TPSA) is 142 Å². The number of nitro benzene ring substituents is 1. The Morgan fingerprint density at radius 2 is 1.59 bits per heavy atom. The molecule has 6 rings (SSSR count). The zero-order valence-corrected chi connectivity index (χ0v) is 23.5. The summed E-state index contributed by atoms with van der Waals surface area (Å²) in [5.41, 5.74) is 3.10. The van der Waals surface area contributed by atoms with Crippen molar-refractivity contribution in [3.63, 3.8) is 0 Å². The van der Waals surface area contributed by atoms with E-state index in [9.17, 15) is 15.2 Å². The molecule has 0 saturated carbocycles. The minimum absolute atomic E-state index is 0.108. The quantitative estimate of drug-likeness (QED) is 0.115. The molecular weight excluding hydrogens is 560 g/mol. The van der Waals surface area contributed by atoms with Crippen LogP contribution in [0.1, 0.15) is 5.56 Å². The molecule has 1 fully saturated rings. The Labute approximate surface area is 253 Å². The molecule has 1 aromatic heterocycles. The third-order valence-corrected chi connectivity index (χ3v) is 6.81. The number of phenols is 1. The molecule has 0 aliphatic carbocycles. The van der Waals surface area contributed by atoms with Crippen molar-refractivity contribution in [2.45, 2.75) is 0 Å². The Morgan fingerprint density at radius 3 is 2.27 bits per heavy atom. The summed E-state index contributed by atoms with van der Waals surface area (Å²) in [5, 5.41) is 24.6. The molecule has 0 spiro atoms. The number of ether oxygens (including phenoxy) is 1. The van der Waals surface area contributed by atoms with Gasteiger partial charge in [0.1, 0.15) is 5.75 Å². The van der Waals surface area contributed by atoms with Crippen LogP contribution >= 0.6 is 0 Å². The molecule has 1 aliphatic rings. The molecule has 4 aromatic carbocycles. The van der Waals surface area contributed by atoms with Gasteiger partial charge in [0, 0.05) is 54.1 Å². The molecule has 0 atom stereocenters. The number of para-hydroxylation sites is 2. The van der Waals surface area contributed by atoms with Crippen LogP contribution in [0.5, 0.6) is 5.75 Å². The van der Waals surface area contributed by atoms with Gasteiger partial charge in [0.2, 0.25) is 17.8 Å². The number of hydrogen-bond acceptors (Lipinski definition) is 11. The van der Waals surface area contributed by atoms with Gasteiger partial charge in [-0.1, -0.05) is 42.5 Å². The minimum atomic E-state index is -0.522. The number of rotatable bonds is 9. The molecule has 5 aromatic rings. The van der Waals surface area contributed by atoms with Gasteiger partial charge in [0.05, 0.1) is 23.8 Å². The summed E-state index contributed by atoms with van der Waals surface area (Å²) in [6, 6.07) is 30.8. The third-order valence-electron chi connectivity index (χ3n) is 6.81. The van der Waals surface area contributed by atoms with E-state index in [1.165, 1.54) is 24.4 Å². The third kappa shape index (κ3) is 6.61. The molecular formula is C32H28N8O4. The predicted octanol–water partition coefficient (Wildman–Crippen LogP) is 6.29. The van der Waals surface area contributed by atoms with Crippen molar-refractivity contribution in [2.24, 2.45) is 4.99 Å². The van der Waals surface area contributed by atoms with E-state index >= 15 is 0 Å². The Balaban J connectivity index is 1.35. The van der Waals surface area contributed by atoms with E-state index in [-0.39, 0.29) is 17.0 Å². The Kier molecular flexibility index (Phi) is 8.32. The molecule has 1 saturated heterocycles. The highest BCUT2D eigenvalue weighted by Gasteiger charge is 2.21. The van der Waals surface area contributed by atoms with Crippen LogP contribution in [0.2, 0.25) is 0 Å². The van der Waals surface area contributed by atoms with E-state index in [1.807, 2.05) is 77.7 Å². The molecule has 0 bridgehead atoms. The summed E-state index contributed by atoms with van der Waals surface area (Å²) < 4.78 is 5.56. The SMILES string of the molecule is O=[N+]([O-])c1ccc(O)c(C=Nc2cccc(Nc3nc(N4CCOCC4)nc(N(c4ccccc4)c4ccccc4)n3)c2)c1. The monoisotopic (exact) mass is 588 g/mol. The van der Waals surface area contributed by atoms with Gasteiger partial charge >= 0.3 is 0 Å². The molecule has 0 amide bonds. The van der Waals surface area contributed by atoms with Crippen LogP contribution in [-0.2, 0) is 4.74 Å². The van der Waals surface area contributed by atoms with E-state index < -0.39 is 4.92 Å². The molecule has 220 valence electrons. The second-order valence-electron chi connectivity index (χ2n) is 9.80. The number of nitrogens with one attached hydrogen (secondary N) is 1. The van der Waals surface area contributed by atoms with E-state index in [4.69, 9.17) is 19.7 Å². The first-order valence-corrected chi connectivity index (χ1v) is 13.9. The second kappa shape index (κ2) is 13.0. The predicted molar refractivity (Wildman–Crippen MR) is 169 cm³/mol. The first-order valence-electron chi connectivity index (χ1n) is 13.9. The molecule has 12 heteroatoms. The van der Waals surface area contributed by atoms with Crippen molar-refractivity contribution in [3.8, 4) is 5.75 Å². The van der Waals surface area contributed by atoms with Gasteiger partial charge in [0.25, 0.3) is 5.69 Å². The van der Waals surface area contributed by atoms with Crippen molar-refractivity contribution in [1.29, 1.82) is 0 Å². The van der Waals surface area contributed by atoms with Gasteiger partial charge in [0.15, 0.2) is 0 Å². The lowest BCUT2D eigenvalue weighted by atomic mass is 10.2. The van der Waals surface area contributed by atoms with Crippen LogP contribution in [0.15, 0.2) is 108 Å². The number of nitrogens with zero attached hydrogens (tertiary/aromatic N) is 7. The first kappa shape index (κ1) is 28.2. The maximum atomic E-state index is 11.2. The van der Waals surface area contributed by atoms with Gasteiger partial charge < -0.3 is 20.1 Å². The highest BCUT2D eigenvalue weighted by atomic mass is 16.6. The molecule has 44 heavy (non-hydrogen) atoms. The van der Waals surface area contributed by atoms with E-state index in [0.29, 0.717) is 55.5 Å². The number of aromatic hydroxyl groups is 1. The van der Waals surface area contributed by atoms with Gasteiger partial charge in [-0.2, -0.15) is 15.0 Å². The average Bonchev–Trinajstić information content (AvgIpc) is 3.06. The fraction of sp³-hybridized carbons (Fsp3) is 0.125. The fourth-order valence-electron chi connectivity index (χ4n) is 4.64. The average molecular weight is 589 g/mol. The Morgan fingerprint density at radius 1 is 0.886 bits per heavy atom. The van der Waals surface area contributed by atoms with Crippen LogP contribution in [-0.4, -0.2) is 57.5 Å². The summed E-state index contributed by atoms with van der Waals surface area (Å²) in [7, 11) is 0. The van der Waals surface area contributed by atoms with E-state index in [2.05, 4.69) is 15.2 Å². The van der Waals surface area contributed by atoms with Crippen molar-refractivity contribution in [1.82, 2.24) is 15.0 Å². The molecule has 1 aliphatic heterocycles. The molecule has 2 heterocycles. The van der Waals surface area contributed by atoms with Crippen LogP contribution in [0.25, 0.3) is 0 Å². The van der Waals surface area contributed by atoms with E-state index in [1.54, 1.807) is 12.1 Å². The van der Waals surface area contributed by atoms with Crippen molar-refractivity contribution >= 4 is 52.5 Å². The molecule has 2 N–H and O–H groups in total. The lowest BCUT2D eigenvalue weighted by Crippen LogP contribution is -2.37. The van der Waals surface area contributed by atoms with Crippen LogP contribution in [0, 0.1) is 10.1 Å². The summed E-state index contributed by atoms with van der Waals surface area (Å²) in [4.78, 5) is 33.6. The Hall–Kier alpha value is -5.88. The van der Waals surface area contributed by atoms with Gasteiger partial charge in [-0.15, -0.1) is 0 Å². The number of benzene rings is 4. The number of anilines is 6. The summed E-state index contributed by atoms with van der Waals surface area (Å²) in [5.74, 6) is 1.19. The number of hydrogen-bond donors (Lipinski definition) is 2. The van der Waals surface area contributed by atoms with Crippen molar-refractivity contribution in [3.05, 3.63) is 119 Å². The van der Waals surface area contributed by atoms with E-state index in [0.717, 1.165) is 11.4 Å². The largest absolute Gasteiger partial charge is 0.507 e. The lowest BCUT2D eigenvalue weighted by Gasteiger charge is -2.29. The molecule has 12 nitrogen and oxygen atoms in total. The maximum absolute atomic E-state index is 11.2. The smallest absolute Gasteiger partial charge is 0.270 e. The number of aliphatic imine (C=N–C) groups is 1. The van der Waals surface area contributed by atoms with Crippen LogP contribution in [0.3, 0.4) is 0 Å². The van der Waals surface area contributed by atoms with Gasteiger partial charge in [-0.3, -0.25) is 20.0 Å². The second-order valence-corrected chi connectivity index (χ2v) is 9.80. The minimum Gasteiger partial charge on any atom is -0.507 e. The maximum Gasteiger partial charge on any atom is 0.270 e. The summed E-state index contributed by atoms with van der Waals surface area (Å²) in [6.45, 7) is 2.44. The highest BCUT2D eigenvalue weighted by molar-refractivity contribution is 5.86. The van der Waals surface area contributed by atoms with Crippen LogP contribution in [0.4, 0.5) is 46.3 Å². The molecule has 0 unspecified atom stereocenters. The number of morpholine rings is 1. The zero-order chi connectivity index (χ0) is 30.3. The van der Waals surface area contributed by atoms with Gasteiger partial charge in [-0.05, 0) is 48.5 Å². The standard InChI is InChI=1S/C32H28N8O4/c41-29-15-14-28(40(42)43)20-23(29)22-33-24-8-7-9-25(21-24)34-30-35-31(38-16-18-44-19-17-38)37-32(36-30)39(26-10-3-1-4-11-26)27-12-5-2-6-13-27/h1-15,20-22,41H,16-19H2,(H,34,35,36,37). The van der Waals surface area contributed by atoms with Crippen molar-refractivity contribution < 1.29 is 14.8 Å². The summed E-state index contributed by atoms with van der Waals surface area (Å²) in [6.07, 6.45) is 1.39. The van der Waals surface area contributed by atoms with Gasteiger partial charge in [-0.25, -0.2) is 0 Å². The Bertz CT molecular complexity index is 1740. The number of phenolic OH excluding ortho intramolecular Hbond substituents is 1. The normalized spacial score (nSPS) is 13.1. The highest BCUT2D eigenvalue weighted by Crippen LogP contribution is 2.34. The van der Waals surface area contributed by atoms with Crippen molar-refractivity contribution in [2.75, 3.05) is 41.4 Å². The van der Waals surface area contributed by atoms with Crippen LogP contribution < -0.4 is 15.1 Å². The zero-order valence-electron chi connectivity index (χ0n) is 23.5. The molecule has 0 radical (unpaired) electrons. The number of nitro groups is 1. The fourth-order valence-corrected chi connectivity index (χ4v) is 4.64. The lowest BCUT2D eigenvalue weighted by molar-refractivity contribution is -0.384. The number of aromatic nitrogens is 3. The summed E-state index contributed by atoms with van der Waals surface area (Å²) >= 11 is 0. The first-order chi connectivity index (χ1) is 21.5. The number of non-ortho nitro benzene ring substituents is 1.